The second-order valence-corrected chi connectivity index (χ2v) is 16.2. The summed E-state index contributed by atoms with van der Waals surface area (Å²) in [6, 6.07) is 20.9. The van der Waals surface area contributed by atoms with Gasteiger partial charge in [-0.1, -0.05) is 0 Å². The Labute approximate surface area is 323 Å². The van der Waals surface area contributed by atoms with Crippen LogP contribution in [0.15, 0.2) is 59.4 Å². The van der Waals surface area contributed by atoms with Crippen molar-refractivity contribution in [2.24, 2.45) is 13.0 Å². The Morgan fingerprint density at radius 1 is 0.782 bits per heavy atom. The number of amides is 2. The highest BCUT2D eigenvalue weighted by Crippen LogP contribution is 2.43. The number of nitriles is 1. The minimum Gasteiger partial charge on any atom is -0.374 e. The Bertz CT molecular complexity index is 2240. The number of nitrogens with one attached hydrogen (secondary N) is 2. The number of hydrogen-bond donors (Lipinski definition) is 2. The summed E-state index contributed by atoms with van der Waals surface area (Å²) < 4.78 is 1.82. The van der Waals surface area contributed by atoms with Crippen LogP contribution in [0.1, 0.15) is 66.7 Å². The highest BCUT2D eigenvalue weighted by atomic mass is 16.2. The molecule has 1 aromatic heterocycles. The number of aromatic nitrogens is 1. The average molecular weight is 741 g/mol. The van der Waals surface area contributed by atoms with E-state index in [9.17, 15) is 19.6 Å². The van der Waals surface area contributed by atoms with E-state index in [1.165, 1.54) is 16.8 Å². The van der Waals surface area contributed by atoms with Crippen LogP contribution in [0.4, 0.5) is 28.4 Å². The molecule has 11 nitrogen and oxygen atoms in total. The number of fused-ring (bicyclic) bond motifs is 2. The van der Waals surface area contributed by atoms with Crippen molar-refractivity contribution in [2.75, 3.05) is 72.9 Å². The summed E-state index contributed by atoms with van der Waals surface area (Å²) in [5.74, 6) is 0.626. The third-order valence-electron chi connectivity index (χ3n) is 12.6. The molecule has 286 valence electrons. The van der Waals surface area contributed by atoms with E-state index in [1.54, 1.807) is 0 Å². The van der Waals surface area contributed by atoms with Crippen LogP contribution in [-0.2, 0) is 16.6 Å². The van der Waals surface area contributed by atoms with Crippen LogP contribution < -0.4 is 30.9 Å². The number of piperidine rings is 3. The molecular weight excluding hydrogens is 689 g/mol. The molecule has 4 aliphatic heterocycles. The Kier molecular flexibility index (Phi) is 10.0. The van der Waals surface area contributed by atoms with Crippen LogP contribution >= 0.6 is 0 Å². The molecule has 1 unspecified atom stereocenters. The monoisotopic (exact) mass is 740 g/mol. The number of rotatable bonds is 7. The van der Waals surface area contributed by atoms with Gasteiger partial charge in [-0.15, -0.1) is 0 Å². The number of imide groups is 1. The number of benzene rings is 3. The maximum Gasteiger partial charge on any atom is 0.253 e. The van der Waals surface area contributed by atoms with Gasteiger partial charge in [0.1, 0.15) is 6.04 Å². The van der Waals surface area contributed by atoms with Gasteiger partial charge in [0, 0.05) is 75.6 Å². The van der Waals surface area contributed by atoms with E-state index in [2.05, 4.69) is 92.7 Å². The second-order valence-electron chi connectivity index (χ2n) is 16.2. The minimum atomic E-state index is -0.381. The summed E-state index contributed by atoms with van der Waals surface area (Å²) >= 11 is 0. The quantitative estimate of drug-likeness (QED) is 0.223. The molecule has 11 heteroatoms. The van der Waals surface area contributed by atoms with E-state index in [0.29, 0.717) is 30.2 Å². The number of anilines is 5. The summed E-state index contributed by atoms with van der Waals surface area (Å²) in [5.41, 5.74) is 10.3. The third kappa shape index (κ3) is 7.28. The average Bonchev–Trinajstić information content (AvgIpc) is 3.19. The van der Waals surface area contributed by atoms with Crippen molar-refractivity contribution >= 4 is 51.2 Å². The molecule has 55 heavy (non-hydrogen) atoms. The number of likely N-dealkylation sites (N-methyl/N-ethyl adjacent to an activating group) is 1. The van der Waals surface area contributed by atoms with E-state index in [-0.39, 0.29) is 23.4 Å². The number of nitrogens with zero attached hydrogens (tertiary/aromatic N) is 6. The van der Waals surface area contributed by atoms with Crippen molar-refractivity contribution in [3.05, 3.63) is 87.2 Å². The van der Waals surface area contributed by atoms with Gasteiger partial charge in [-0.25, -0.2) is 0 Å². The Hall–Kier alpha value is -5.34. The number of aryl methyl sites for hydroxylation is 3. The maximum absolute atomic E-state index is 13.2. The molecule has 2 amide bonds. The van der Waals surface area contributed by atoms with E-state index in [0.717, 1.165) is 111 Å². The van der Waals surface area contributed by atoms with Gasteiger partial charge < -0.3 is 29.5 Å². The standard InChI is InChI=1S/C44H52N8O3/c1-28-21-34(46-36-7-10-42(53)47-43(36)54)6-9-37(28)51-17-11-30(12-18-51)27-50-15-13-32(14-16-50)33-24-39-35(22-29(2)44(55)49(39)4)40(25-33)52-20-19-48(3)38-8-5-31(26-45)23-41(38)52/h5-6,8-9,21-25,30,32,36,46H,7,10-20,27H2,1-4H3,(H,47,53,54). The lowest BCUT2D eigenvalue weighted by Gasteiger charge is -2.39. The van der Waals surface area contributed by atoms with Crippen LogP contribution in [0.25, 0.3) is 10.9 Å². The third-order valence-corrected chi connectivity index (χ3v) is 12.6. The predicted octanol–water partition coefficient (Wildman–Crippen LogP) is 5.93. The number of hydrogen-bond acceptors (Lipinski definition) is 9. The lowest BCUT2D eigenvalue weighted by Crippen LogP contribution is -2.47. The highest BCUT2D eigenvalue weighted by molar-refractivity contribution is 6.01. The minimum absolute atomic E-state index is 0.0379. The van der Waals surface area contributed by atoms with Crippen LogP contribution in [0, 0.1) is 31.1 Å². The lowest BCUT2D eigenvalue weighted by atomic mass is 9.87. The fourth-order valence-electron chi connectivity index (χ4n) is 9.36. The molecule has 2 N–H and O–H groups in total. The van der Waals surface area contributed by atoms with Gasteiger partial charge in [0.2, 0.25) is 11.8 Å². The summed E-state index contributed by atoms with van der Waals surface area (Å²) in [7, 11) is 4.00. The number of carbonyl (C=O) groups is 2. The molecule has 3 saturated heterocycles. The number of pyridine rings is 1. The van der Waals surface area contributed by atoms with Crippen LogP contribution in [0.2, 0.25) is 0 Å². The van der Waals surface area contributed by atoms with Crippen molar-refractivity contribution in [3.63, 3.8) is 0 Å². The molecule has 0 aliphatic carbocycles. The topological polar surface area (TPSA) is 117 Å². The number of likely N-dealkylation sites (tertiary alicyclic amines) is 1. The largest absolute Gasteiger partial charge is 0.374 e. The molecule has 3 fully saturated rings. The van der Waals surface area contributed by atoms with Gasteiger partial charge in [0.15, 0.2) is 0 Å². The zero-order valence-corrected chi connectivity index (χ0v) is 32.5. The summed E-state index contributed by atoms with van der Waals surface area (Å²) in [4.78, 5) is 46.8. The van der Waals surface area contributed by atoms with Crippen molar-refractivity contribution in [3.8, 4) is 6.07 Å². The molecule has 4 aliphatic rings. The van der Waals surface area contributed by atoms with E-state index in [1.807, 2.05) is 30.7 Å². The molecule has 8 rings (SSSR count). The van der Waals surface area contributed by atoms with Crippen molar-refractivity contribution in [1.82, 2.24) is 14.8 Å². The molecule has 1 atom stereocenters. The first kappa shape index (κ1) is 36.6. The van der Waals surface area contributed by atoms with Gasteiger partial charge in [0.05, 0.1) is 34.2 Å². The van der Waals surface area contributed by atoms with Crippen LogP contribution in [-0.4, -0.2) is 80.2 Å². The lowest BCUT2D eigenvalue weighted by molar-refractivity contribution is -0.133. The van der Waals surface area contributed by atoms with Crippen molar-refractivity contribution < 1.29 is 9.59 Å². The number of carbonyl (C=O) groups excluding carboxylic acids is 2. The fourth-order valence-corrected chi connectivity index (χ4v) is 9.36. The highest BCUT2D eigenvalue weighted by Gasteiger charge is 2.30. The second kappa shape index (κ2) is 15.1. The Morgan fingerprint density at radius 2 is 1.55 bits per heavy atom. The Morgan fingerprint density at radius 3 is 2.27 bits per heavy atom. The summed E-state index contributed by atoms with van der Waals surface area (Å²) in [5, 5.41) is 16.6. The summed E-state index contributed by atoms with van der Waals surface area (Å²) in [6.45, 7) is 11.0. The molecule has 5 heterocycles. The van der Waals surface area contributed by atoms with Gasteiger partial charge in [-0.05, 0) is 137 Å². The SMILES string of the molecule is Cc1cc(NC2CCC(=O)NC2=O)ccc1N1CCC(CN2CCC(c3cc(N4CCN(C)c5ccc(C#N)cc54)c4cc(C)c(=O)n(C)c4c3)CC2)CC1. The van der Waals surface area contributed by atoms with Crippen LogP contribution in [0.5, 0.6) is 0 Å². The van der Waals surface area contributed by atoms with Crippen molar-refractivity contribution in [2.45, 2.75) is 64.3 Å². The molecule has 0 bridgehead atoms. The summed E-state index contributed by atoms with van der Waals surface area (Å²) in [6.07, 6.45) is 5.37. The molecule has 3 aromatic carbocycles. The van der Waals surface area contributed by atoms with Gasteiger partial charge in [-0.2, -0.15) is 5.26 Å². The zero-order chi connectivity index (χ0) is 38.4. The Balaban J connectivity index is 0.924. The first-order valence-corrected chi connectivity index (χ1v) is 19.9. The predicted molar refractivity (Wildman–Crippen MR) is 220 cm³/mol. The molecule has 0 spiro atoms. The van der Waals surface area contributed by atoms with Gasteiger partial charge in [0.25, 0.3) is 5.56 Å². The molecular formula is C44H52N8O3. The fraction of sp³-hybridized carbons (Fsp3) is 0.455. The maximum atomic E-state index is 13.2. The zero-order valence-electron chi connectivity index (χ0n) is 32.5. The first-order valence-electron chi connectivity index (χ1n) is 19.9. The van der Waals surface area contributed by atoms with E-state index >= 15 is 0 Å². The molecule has 0 radical (unpaired) electrons. The smallest absolute Gasteiger partial charge is 0.253 e. The van der Waals surface area contributed by atoms with Gasteiger partial charge >= 0.3 is 0 Å². The normalized spacial score (nSPS) is 20.1. The molecule has 0 saturated carbocycles. The van der Waals surface area contributed by atoms with Crippen molar-refractivity contribution in [1.29, 1.82) is 5.26 Å². The van der Waals surface area contributed by atoms with Gasteiger partial charge in [-0.3, -0.25) is 19.7 Å². The molecule has 4 aromatic rings. The first-order chi connectivity index (χ1) is 26.6. The van der Waals surface area contributed by atoms with E-state index < -0.39 is 0 Å². The van der Waals surface area contributed by atoms with Crippen LogP contribution in [0.3, 0.4) is 0 Å². The van der Waals surface area contributed by atoms with E-state index in [4.69, 9.17) is 0 Å².